The number of pyridine rings is 2. The quantitative estimate of drug-likeness (QED) is 0.390. The number of nitriles is 1. The van der Waals surface area contributed by atoms with Gasteiger partial charge in [-0.3, -0.25) is 0 Å². The van der Waals surface area contributed by atoms with Crippen LogP contribution in [-0.4, -0.2) is 70.0 Å². The van der Waals surface area contributed by atoms with Crippen molar-refractivity contribution in [1.82, 2.24) is 39.6 Å². The second kappa shape index (κ2) is 10.3. The third kappa shape index (κ3) is 5.67. The van der Waals surface area contributed by atoms with Crippen LogP contribution in [0.15, 0.2) is 36.9 Å². The summed E-state index contributed by atoms with van der Waals surface area (Å²) >= 11 is 0. The minimum absolute atomic E-state index is 0.00898. The van der Waals surface area contributed by atoms with Crippen LogP contribution in [0.1, 0.15) is 53.0 Å². The number of amides is 1. The van der Waals surface area contributed by atoms with Crippen LogP contribution in [0.2, 0.25) is 0 Å². The number of rotatable bonds is 6. The Kier molecular flexibility index (Phi) is 6.91. The molecule has 0 spiro atoms. The number of ether oxygens (including phenoxy) is 1. The van der Waals surface area contributed by atoms with Crippen molar-refractivity contribution in [3.63, 3.8) is 0 Å². The molecule has 0 aromatic carbocycles. The summed E-state index contributed by atoms with van der Waals surface area (Å²) in [6, 6.07) is 5.90. The van der Waals surface area contributed by atoms with Crippen LogP contribution < -0.4 is 5.32 Å². The van der Waals surface area contributed by atoms with Crippen LogP contribution in [0.4, 0.5) is 10.5 Å². The van der Waals surface area contributed by atoms with Gasteiger partial charge in [0.25, 0.3) is 0 Å². The Balaban J connectivity index is 1.40. The average molecular weight is 529 g/mol. The number of anilines is 1. The van der Waals surface area contributed by atoms with Crippen LogP contribution in [-0.2, 0) is 11.3 Å². The third-order valence-corrected chi connectivity index (χ3v) is 6.31. The maximum atomic E-state index is 12.7. The molecule has 4 aromatic rings. The number of hydrogen-bond donors (Lipinski definition) is 1. The largest absolute Gasteiger partial charge is 0.444 e. The predicted molar refractivity (Wildman–Crippen MR) is 145 cm³/mol. The van der Waals surface area contributed by atoms with Gasteiger partial charge in [-0.2, -0.15) is 15.0 Å². The molecule has 12 nitrogen and oxygen atoms in total. The maximum Gasteiger partial charge on any atom is 0.410 e. The number of likely N-dealkylation sites (tertiary alicyclic amines) is 1. The monoisotopic (exact) mass is 528 g/mol. The van der Waals surface area contributed by atoms with Crippen molar-refractivity contribution >= 4 is 22.8 Å². The number of nitrogens with one attached hydrogen (secondary N) is 1. The van der Waals surface area contributed by atoms with Gasteiger partial charge in [0.2, 0.25) is 0 Å². The van der Waals surface area contributed by atoms with E-state index in [4.69, 9.17) is 10.00 Å². The molecule has 202 valence electrons. The molecule has 5 heterocycles. The van der Waals surface area contributed by atoms with E-state index < -0.39 is 5.60 Å². The van der Waals surface area contributed by atoms with Crippen LogP contribution in [0.25, 0.3) is 28.1 Å². The zero-order valence-corrected chi connectivity index (χ0v) is 22.8. The van der Waals surface area contributed by atoms with E-state index in [0.29, 0.717) is 35.8 Å². The summed E-state index contributed by atoms with van der Waals surface area (Å²) in [5.41, 5.74) is 2.84. The Bertz CT molecular complexity index is 1540. The van der Waals surface area contributed by atoms with Gasteiger partial charge < -0.3 is 15.0 Å². The number of nitrogens with zero attached hydrogens (tertiary/aromatic N) is 9. The number of aromatic nitrogens is 7. The molecule has 5 rings (SSSR count). The first-order valence-corrected chi connectivity index (χ1v) is 13.0. The van der Waals surface area contributed by atoms with Gasteiger partial charge in [-0.05, 0) is 53.5 Å². The Hall–Kier alpha value is -4.53. The standard InChI is InChI=1S/C27H32N10O2/c1-17(2)32-22-10-24(37-25-19(13-31-37)9-18(11-28)12-30-25)29-14-21(22)23-16-35(34-33-23)15-20-7-6-8-36(20)26(38)39-27(3,4)5/h9-10,12-14,16-17,20H,6-8,15H2,1-5H3,(H,29,32). The summed E-state index contributed by atoms with van der Waals surface area (Å²) in [5, 5.41) is 26.6. The van der Waals surface area contributed by atoms with Crippen molar-refractivity contribution in [2.75, 3.05) is 11.9 Å². The molecule has 1 fully saturated rings. The molecule has 1 aliphatic heterocycles. The van der Waals surface area contributed by atoms with Crippen molar-refractivity contribution in [3.05, 3.63) is 42.5 Å². The highest BCUT2D eigenvalue weighted by Gasteiger charge is 2.32. The van der Waals surface area contributed by atoms with E-state index in [1.54, 1.807) is 32.7 Å². The highest BCUT2D eigenvalue weighted by Crippen LogP contribution is 2.29. The first kappa shape index (κ1) is 26.1. The molecule has 1 N–H and O–H groups in total. The fourth-order valence-corrected chi connectivity index (χ4v) is 4.66. The summed E-state index contributed by atoms with van der Waals surface area (Å²) in [6.45, 7) is 10.9. The minimum Gasteiger partial charge on any atom is -0.444 e. The van der Waals surface area contributed by atoms with Gasteiger partial charge >= 0.3 is 6.09 Å². The van der Waals surface area contributed by atoms with Crippen molar-refractivity contribution in [3.8, 4) is 23.1 Å². The fourth-order valence-electron chi connectivity index (χ4n) is 4.66. The summed E-state index contributed by atoms with van der Waals surface area (Å²) in [7, 11) is 0. The first-order valence-electron chi connectivity index (χ1n) is 13.0. The summed E-state index contributed by atoms with van der Waals surface area (Å²) < 4.78 is 9.01. The summed E-state index contributed by atoms with van der Waals surface area (Å²) in [6.07, 6.45) is 8.33. The van der Waals surface area contributed by atoms with Gasteiger partial charge in [0, 0.05) is 47.7 Å². The summed E-state index contributed by atoms with van der Waals surface area (Å²) in [5.74, 6) is 0.584. The second-order valence-electron chi connectivity index (χ2n) is 11.0. The van der Waals surface area contributed by atoms with Crippen LogP contribution >= 0.6 is 0 Å². The number of fused-ring (bicyclic) bond motifs is 1. The summed E-state index contributed by atoms with van der Waals surface area (Å²) in [4.78, 5) is 23.5. The zero-order chi connectivity index (χ0) is 27.7. The topological polar surface area (TPSA) is 140 Å². The lowest BCUT2D eigenvalue weighted by molar-refractivity contribution is 0.0211. The van der Waals surface area contributed by atoms with Gasteiger partial charge in [-0.1, -0.05) is 5.21 Å². The number of carbonyl (C=O) groups is 1. The molecule has 4 aromatic heterocycles. The molecule has 1 amide bonds. The van der Waals surface area contributed by atoms with E-state index in [9.17, 15) is 4.79 Å². The molecule has 0 saturated carbocycles. The molecule has 0 radical (unpaired) electrons. The molecule has 0 bridgehead atoms. The van der Waals surface area contributed by atoms with E-state index in [1.807, 2.05) is 33.0 Å². The SMILES string of the molecule is CC(C)Nc1cc(-n2ncc3cc(C#N)cnc32)ncc1-c1cn(CC2CCCN2C(=O)OC(C)(C)C)nn1. The molecular weight excluding hydrogens is 496 g/mol. The molecule has 1 saturated heterocycles. The van der Waals surface area contributed by atoms with E-state index in [-0.39, 0.29) is 18.2 Å². The normalized spacial score (nSPS) is 15.6. The van der Waals surface area contributed by atoms with Crippen molar-refractivity contribution in [2.45, 2.75) is 71.7 Å². The first-order chi connectivity index (χ1) is 18.6. The van der Waals surface area contributed by atoms with Gasteiger partial charge in [-0.25, -0.2) is 19.4 Å². The van der Waals surface area contributed by atoms with Crippen LogP contribution in [0, 0.1) is 11.3 Å². The minimum atomic E-state index is -0.540. The zero-order valence-electron chi connectivity index (χ0n) is 22.8. The highest BCUT2D eigenvalue weighted by molar-refractivity contribution is 5.79. The lowest BCUT2D eigenvalue weighted by atomic mass is 10.1. The fraction of sp³-hybridized carbons (Fsp3) is 0.444. The Morgan fingerprint density at radius 1 is 1.23 bits per heavy atom. The number of hydrogen-bond acceptors (Lipinski definition) is 9. The van der Waals surface area contributed by atoms with Gasteiger partial charge in [0.05, 0.1) is 30.5 Å². The van der Waals surface area contributed by atoms with Gasteiger partial charge in [-0.15, -0.1) is 5.10 Å². The lowest BCUT2D eigenvalue weighted by Gasteiger charge is -2.28. The molecule has 12 heteroatoms. The van der Waals surface area contributed by atoms with Gasteiger partial charge in [0.15, 0.2) is 11.5 Å². The number of carbonyl (C=O) groups excluding carboxylic acids is 1. The van der Waals surface area contributed by atoms with E-state index in [1.165, 1.54) is 6.20 Å². The average Bonchev–Trinajstić information content (AvgIpc) is 3.62. The van der Waals surface area contributed by atoms with Crippen molar-refractivity contribution in [2.24, 2.45) is 0 Å². The Labute approximate surface area is 226 Å². The molecule has 0 aliphatic carbocycles. The molecule has 39 heavy (non-hydrogen) atoms. The lowest BCUT2D eigenvalue weighted by Crippen LogP contribution is -2.41. The van der Waals surface area contributed by atoms with E-state index in [2.05, 4.69) is 50.6 Å². The molecule has 1 atom stereocenters. The highest BCUT2D eigenvalue weighted by atomic mass is 16.6. The van der Waals surface area contributed by atoms with E-state index in [0.717, 1.165) is 29.5 Å². The molecular formula is C27H32N10O2. The third-order valence-electron chi connectivity index (χ3n) is 6.31. The molecule has 1 unspecified atom stereocenters. The molecule has 1 aliphatic rings. The van der Waals surface area contributed by atoms with Gasteiger partial charge in [0.1, 0.15) is 17.4 Å². The van der Waals surface area contributed by atoms with Crippen molar-refractivity contribution < 1.29 is 9.53 Å². The maximum absolute atomic E-state index is 12.7. The van der Waals surface area contributed by atoms with Crippen LogP contribution in [0.3, 0.4) is 0 Å². The van der Waals surface area contributed by atoms with E-state index >= 15 is 0 Å². The smallest absolute Gasteiger partial charge is 0.410 e. The Morgan fingerprint density at radius 3 is 2.79 bits per heavy atom. The second-order valence-corrected chi connectivity index (χ2v) is 11.0. The van der Waals surface area contributed by atoms with Crippen molar-refractivity contribution in [1.29, 1.82) is 5.26 Å². The van der Waals surface area contributed by atoms with Crippen LogP contribution in [0.5, 0.6) is 0 Å². The predicted octanol–water partition coefficient (Wildman–Crippen LogP) is 4.17. The Morgan fingerprint density at radius 2 is 2.05 bits per heavy atom.